The van der Waals surface area contributed by atoms with Crippen LogP contribution in [0.1, 0.15) is 10.4 Å². The number of hydrogen-bond donors (Lipinski definition) is 0. The lowest BCUT2D eigenvalue weighted by Gasteiger charge is -2.10. The number of nitrogens with zero attached hydrogens (tertiary/aromatic N) is 2. The molecule has 138 valence electrons. The third kappa shape index (κ3) is 3.98. The highest BCUT2D eigenvalue weighted by molar-refractivity contribution is 5.93. The molecule has 1 heterocycles. The van der Waals surface area contributed by atoms with Gasteiger partial charge in [-0.05, 0) is 36.4 Å². The number of rotatable bonds is 6. The summed E-state index contributed by atoms with van der Waals surface area (Å²) in [4.78, 5) is 12.3. The zero-order chi connectivity index (χ0) is 19.2. The van der Waals surface area contributed by atoms with Gasteiger partial charge in [0.15, 0.2) is 0 Å². The van der Waals surface area contributed by atoms with Crippen LogP contribution in [0.25, 0.3) is 11.3 Å². The van der Waals surface area contributed by atoms with E-state index in [-0.39, 0.29) is 5.88 Å². The summed E-state index contributed by atoms with van der Waals surface area (Å²) in [5.41, 5.74) is 1.58. The number of aromatic nitrogens is 2. The maximum absolute atomic E-state index is 12.3. The quantitative estimate of drug-likeness (QED) is 0.619. The summed E-state index contributed by atoms with van der Waals surface area (Å²) in [5, 5.41) is 8.10. The lowest BCUT2D eigenvalue weighted by Crippen LogP contribution is -2.11. The number of methoxy groups -OCH3 is 3. The highest BCUT2D eigenvalue weighted by Crippen LogP contribution is 2.32. The number of hydrogen-bond acceptors (Lipinski definition) is 7. The van der Waals surface area contributed by atoms with Crippen molar-refractivity contribution in [1.29, 1.82) is 0 Å². The van der Waals surface area contributed by atoms with Crippen LogP contribution < -0.4 is 18.9 Å². The minimum absolute atomic E-state index is 0.0801. The third-order valence-corrected chi connectivity index (χ3v) is 3.85. The maximum Gasteiger partial charge on any atom is 0.348 e. The van der Waals surface area contributed by atoms with E-state index in [0.717, 1.165) is 0 Å². The van der Waals surface area contributed by atoms with Crippen LogP contribution in [0.3, 0.4) is 0 Å². The van der Waals surface area contributed by atoms with Gasteiger partial charge >= 0.3 is 5.97 Å². The van der Waals surface area contributed by atoms with Gasteiger partial charge < -0.3 is 18.9 Å². The average Bonchev–Trinajstić information content (AvgIpc) is 2.73. The molecule has 3 aromatic rings. The Bertz CT molecular complexity index is 941. The Morgan fingerprint density at radius 2 is 1.59 bits per heavy atom. The van der Waals surface area contributed by atoms with Gasteiger partial charge in [0, 0.05) is 11.6 Å². The van der Waals surface area contributed by atoms with E-state index >= 15 is 0 Å². The van der Waals surface area contributed by atoms with E-state index in [1.165, 1.54) is 7.11 Å². The molecule has 0 saturated carbocycles. The van der Waals surface area contributed by atoms with Crippen molar-refractivity contribution in [2.24, 2.45) is 0 Å². The standard InChI is InChI=1S/C20H18N2O5/c1-24-13-8-10-18(26-3)15(12-13)16-9-11-19(22-21-16)27-20(23)14-6-4-5-7-17(14)25-2/h4-12H,1-3H3. The van der Waals surface area contributed by atoms with E-state index in [9.17, 15) is 4.79 Å². The van der Waals surface area contributed by atoms with E-state index in [4.69, 9.17) is 18.9 Å². The fourth-order valence-corrected chi connectivity index (χ4v) is 2.50. The minimum atomic E-state index is -0.575. The fourth-order valence-electron chi connectivity index (χ4n) is 2.50. The molecular formula is C20H18N2O5. The molecule has 0 unspecified atom stereocenters. The molecule has 0 aliphatic heterocycles. The molecule has 0 amide bonds. The van der Waals surface area contributed by atoms with E-state index in [0.29, 0.717) is 34.1 Å². The molecule has 0 fully saturated rings. The first-order valence-corrected chi connectivity index (χ1v) is 8.07. The maximum atomic E-state index is 12.3. The smallest absolute Gasteiger partial charge is 0.348 e. The molecule has 0 bridgehead atoms. The Morgan fingerprint density at radius 1 is 0.815 bits per heavy atom. The Labute approximate surface area is 156 Å². The molecule has 7 nitrogen and oxygen atoms in total. The lowest BCUT2D eigenvalue weighted by atomic mass is 10.1. The van der Waals surface area contributed by atoms with Crippen LogP contribution in [-0.2, 0) is 0 Å². The monoisotopic (exact) mass is 366 g/mol. The predicted octanol–water partition coefficient (Wildman–Crippen LogP) is 3.39. The molecular weight excluding hydrogens is 348 g/mol. The van der Waals surface area contributed by atoms with Crippen LogP contribution in [0.4, 0.5) is 0 Å². The number of benzene rings is 2. The molecule has 2 aromatic carbocycles. The summed E-state index contributed by atoms with van der Waals surface area (Å²) < 4.78 is 21.0. The highest BCUT2D eigenvalue weighted by atomic mass is 16.5. The van der Waals surface area contributed by atoms with E-state index in [1.54, 1.807) is 68.8 Å². The first-order valence-electron chi connectivity index (χ1n) is 8.07. The third-order valence-electron chi connectivity index (χ3n) is 3.85. The van der Waals surface area contributed by atoms with Gasteiger partial charge in [0.2, 0.25) is 5.88 Å². The summed E-state index contributed by atoms with van der Waals surface area (Å²) in [6.45, 7) is 0. The van der Waals surface area contributed by atoms with Gasteiger partial charge in [0.1, 0.15) is 22.8 Å². The largest absolute Gasteiger partial charge is 0.497 e. The Hall–Kier alpha value is -3.61. The Morgan fingerprint density at radius 3 is 2.26 bits per heavy atom. The summed E-state index contributed by atoms with van der Waals surface area (Å²) in [7, 11) is 4.64. The van der Waals surface area contributed by atoms with Crippen LogP contribution in [-0.4, -0.2) is 37.5 Å². The van der Waals surface area contributed by atoms with Crippen molar-refractivity contribution in [1.82, 2.24) is 10.2 Å². The molecule has 3 rings (SSSR count). The first kappa shape index (κ1) is 18.2. The number of carbonyl (C=O) groups is 1. The van der Waals surface area contributed by atoms with Crippen molar-refractivity contribution in [3.05, 3.63) is 60.2 Å². The molecule has 0 aliphatic carbocycles. The zero-order valence-corrected chi connectivity index (χ0v) is 15.1. The lowest BCUT2D eigenvalue weighted by molar-refractivity contribution is 0.0722. The van der Waals surface area contributed by atoms with Gasteiger partial charge in [0.25, 0.3) is 0 Å². The van der Waals surface area contributed by atoms with E-state index < -0.39 is 5.97 Å². The molecule has 27 heavy (non-hydrogen) atoms. The fraction of sp³-hybridized carbons (Fsp3) is 0.150. The SMILES string of the molecule is COc1ccc(OC)c(-c2ccc(OC(=O)c3ccccc3OC)nn2)c1. The summed E-state index contributed by atoms with van der Waals surface area (Å²) in [6, 6.07) is 15.4. The summed E-state index contributed by atoms with van der Waals surface area (Å²) >= 11 is 0. The predicted molar refractivity (Wildman–Crippen MR) is 98.5 cm³/mol. The van der Waals surface area contributed by atoms with Gasteiger partial charge in [-0.1, -0.05) is 12.1 Å². The summed E-state index contributed by atoms with van der Waals surface area (Å²) in [5.74, 6) is 1.22. The van der Waals surface area contributed by atoms with Crippen molar-refractivity contribution in [2.45, 2.75) is 0 Å². The van der Waals surface area contributed by atoms with Crippen molar-refractivity contribution < 1.29 is 23.7 Å². The van der Waals surface area contributed by atoms with Crippen molar-refractivity contribution in [3.63, 3.8) is 0 Å². The number of carbonyl (C=O) groups excluding carboxylic acids is 1. The molecule has 1 aromatic heterocycles. The van der Waals surface area contributed by atoms with Crippen molar-refractivity contribution in [2.75, 3.05) is 21.3 Å². The van der Waals surface area contributed by atoms with Gasteiger partial charge in [-0.25, -0.2) is 4.79 Å². The van der Waals surface area contributed by atoms with Gasteiger partial charge in [-0.3, -0.25) is 0 Å². The van der Waals surface area contributed by atoms with Crippen molar-refractivity contribution >= 4 is 5.97 Å². The number of esters is 1. The van der Waals surface area contributed by atoms with Crippen LogP contribution in [0, 0.1) is 0 Å². The topological polar surface area (TPSA) is 79.8 Å². The van der Waals surface area contributed by atoms with E-state index in [2.05, 4.69) is 10.2 Å². The van der Waals surface area contributed by atoms with Crippen LogP contribution in [0.15, 0.2) is 54.6 Å². The molecule has 0 N–H and O–H groups in total. The second-order valence-electron chi connectivity index (χ2n) is 5.41. The molecule has 0 atom stereocenters. The number of para-hydroxylation sites is 1. The zero-order valence-electron chi connectivity index (χ0n) is 15.1. The van der Waals surface area contributed by atoms with Gasteiger partial charge in [-0.2, -0.15) is 0 Å². The van der Waals surface area contributed by atoms with Gasteiger partial charge in [0.05, 0.1) is 27.0 Å². The first-order chi connectivity index (χ1) is 13.2. The molecule has 0 radical (unpaired) electrons. The molecule has 0 spiro atoms. The Balaban J connectivity index is 1.83. The van der Waals surface area contributed by atoms with Crippen LogP contribution in [0.5, 0.6) is 23.1 Å². The van der Waals surface area contributed by atoms with E-state index in [1.807, 2.05) is 0 Å². The Kier molecular flexibility index (Phi) is 5.51. The normalized spacial score (nSPS) is 10.2. The number of ether oxygens (including phenoxy) is 4. The summed E-state index contributed by atoms with van der Waals surface area (Å²) in [6.07, 6.45) is 0. The second kappa shape index (κ2) is 8.18. The average molecular weight is 366 g/mol. The van der Waals surface area contributed by atoms with Gasteiger partial charge in [-0.15, -0.1) is 10.2 Å². The van der Waals surface area contributed by atoms with Crippen molar-refractivity contribution in [3.8, 4) is 34.4 Å². The second-order valence-corrected chi connectivity index (χ2v) is 5.41. The molecule has 0 aliphatic rings. The molecule has 7 heteroatoms. The highest BCUT2D eigenvalue weighted by Gasteiger charge is 2.16. The molecule has 0 saturated heterocycles. The van der Waals surface area contributed by atoms with Crippen LogP contribution in [0.2, 0.25) is 0 Å². The minimum Gasteiger partial charge on any atom is -0.497 e. The van der Waals surface area contributed by atoms with Crippen LogP contribution >= 0.6 is 0 Å².